The van der Waals surface area contributed by atoms with Gasteiger partial charge in [0.15, 0.2) is 0 Å². The van der Waals surface area contributed by atoms with Crippen molar-refractivity contribution in [2.45, 2.75) is 39.0 Å². The Balaban J connectivity index is 1.74. The molecule has 0 radical (unpaired) electrons. The summed E-state index contributed by atoms with van der Waals surface area (Å²) in [7, 11) is 0. The first-order valence-electron chi connectivity index (χ1n) is 5.48. The first kappa shape index (κ1) is 8.55. The van der Waals surface area contributed by atoms with Crippen LogP contribution in [0.2, 0.25) is 0 Å². The quantitative estimate of drug-likeness (QED) is 0.616. The molecule has 0 N–H and O–H groups in total. The van der Waals surface area contributed by atoms with Crippen LogP contribution >= 0.6 is 0 Å². The van der Waals surface area contributed by atoms with Crippen LogP contribution < -0.4 is 0 Å². The van der Waals surface area contributed by atoms with E-state index in [1.165, 1.54) is 32.1 Å². The van der Waals surface area contributed by atoms with Crippen molar-refractivity contribution in [3.63, 3.8) is 0 Å². The van der Waals surface area contributed by atoms with Crippen LogP contribution in [0.4, 0.5) is 0 Å². The summed E-state index contributed by atoms with van der Waals surface area (Å²) < 4.78 is 5.24. The van der Waals surface area contributed by atoms with Crippen LogP contribution in [0.25, 0.3) is 0 Å². The Hall–Kier alpha value is -0.0400. The first-order chi connectivity index (χ1) is 5.90. The molecular weight excluding hydrogens is 148 g/mol. The van der Waals surface area contributed by atoms with Crippen LogP contribution in [0.3, 0.4) is 0 Å². The van der Waals surface area contributed by atoms with Crippen molar-refractivity contribution in [1.29, 1.82) is 0 Å². The molecule has 0 unspecified atom stereocenters. The van der Waals surface area contributed by atoms with Crippen molar-refractivity contribution in [1.82, 2.24) is 0 Å². The molecule has 1 aliphatic heterocycles. The summed E-state index contributed by atoms with van der Waals surface area (Å²) in [4.78, 5) is 0. The molecule has 0 aromatic heterocycles. The maximum Gasteiger partial charge on any atom is 0.0519 e. The van der Waals surface area contributed by atoms with Gasteiger partial charge in [-0.05, 0) is 24.7 Å². The molecule has 70 valence electrons. The van der Waals surface area contributed by atoms with Crippen molar-refractivity contribution in [2.75, 3.05) is 13.2 Å². The predicted molar refractivity (Wildman–Crippen MR) is 50.0 cm³/mol. The summed E-state index contributed by atoms with van der Waals surface area (Å²) >= 11 is 0. The van der Waals surface area contributed by atoms with Gasteiger partial charge in [-0.15, -0.1) is 0 Å². The maximum absolute atomic E-state index is 5.24. The molecule has 2 fully saturated rings. The van der Waals surface area contributed by atoms with Gasteiger partial charge < -0.3 is 4.74 Å². The van der Waals surface area contributed by atoms with Crippen LogP contribution in [0.1, 0.15) is 39.0 Å². The zero-order chi connectivity index (χ0) is 8.39. The van der Waals surface area contributed by atoms with Crippen molar-refractivity contribution < 1.29 is 4.74 Å². The van der Waals surface area contributed by atoms with Crippen molar-refractivity contribution >= 4 is 0 Å². The monoisotopic (exact) mass is 168 g/mol. The minimum atomic E-state index is 0.933. The lowest BCUT2D eigenvalue weighted by atomic mass is 9.74. The number of hydrogen-bond donors (Lipinski definition) is 0. The zero-order valence-corrected chi connectivity index (χ0v) is 8.09. The predicted octanol–water partition coefficient (Wildman–Crippen LogP) is 2.85. The van der Waals surface area contributed by atoms with Gasteiger partial charge >= 0.3 is 0 Å². The van der Waals surface area contributed by atoms with E-state index in [9.17, 15) is 0 Å². The first-order valence-corrected chi connectivity index (χ1v) is 5.48. The Bertz CT molecular complexity index is 132. The Morgan fingerprint density at radius 3 is 2.08 bits per heavy atom. The second kappa shape index (κ2) is 3.78. The van der Waals surface area contributed by atoms with E-state index in [0.29, 0.717) is 0 Å². The van der Waals surface area contributed by atoms with E-state index in [4.69, 9.17) is 4.74 Å². The fraction of sp³-hybridized carbons (Fsp3) is 1.00. The molecule has 2 rings (SSSR count). The van der Waals surface area contributed by atoms with E-state index in [1.54, 1.807) is 0 Å². The second-order valence-corrected chi connectivity index (χ2v) is 4.49. The smallest absolute Gasteiger partial charge is 0.0519 e. The molecule has 0 atom stereocenters. The lowest BCUT2D eigenvalue weighted by molar-refractivity contribution is -0.0701. The normalized spacial score (nSPS) is 37.8. The van der Waals surface area contributed by atoms with Crippen LogP contribution in [0.15, 0.2) is 0 Å². The highest BCUT2D eigenvalue weighted by atomic mass is 16.5. The highest BCUT2D eigenvalue weighted by Gasteiger charge is 2.31. The fourth-order valence-corrected chi connectivity index (χ4v) is 2.59. The molecule has 1 aliphatic carbocycles. The van der Waals surface area contributed by atoms with E-state index in [2.05, 4.69) is 6.92 Å². The molecule has 0 amide bonds. The van der Waals surface area contributed by atoms with Gasteiger partial charge in [0.1, 0.15) is 0 Å². The highest BCUT2D eigenvalue weighted by molar-refractivity contribution is 4.80. The summed E-state index contributed by atoms with van der Waals surface area (Å²) in [6.45, 7) is 4.44. The van der Waals surface area contributed by atoms with Crippen molar-refractivity contribution in [3.05, 3.63) is 0 Å². The van der Waals surface area contributed by atoms with Crippen LogP contribution in [0, 0.1) is 17.8 Å². The van der Waals surface area contributed by atoms with E-state index in [1.807, 2.05) is 0 Å². The Labute approximate surface area is 75.5 Å². The van der Waals surface area contributed by atoms with E-state index < -0.39 is 0 Å². The molecule has 0 aromatic carbocycles. The summed E-state index contributed by atoms with van der Waals surface area (Å²) in [5, 5.41) is 0. The number of ether oxygens (including phenoxy) is 1. The SMILES string of the molecule is CCC1CCC(C2COC2)CC1. The lowest BCUT2D eigenvalue weighted by Crippen LogP contribution is -2.36. The van der Waals surface area contributed by atoms with E-state index in [0.717, 1.165) is 31.0 Å². The highest BCUT2D eigenvalue weighted by Crippen LogP contribution is 2.37. The third kappa shape index (κ3) is 1.66. The number of rotatable bonds is 2. The van der Waals surface area contributed by atoms with Gasteiger partial charge in [0, 0.05) is 5.92 Å². The molecule has 0 bridgehead atoms. The third-order valence-corrected chi connectivity index (χ3v) is 3.80. The molecule has 1 nitrogen and oxygen atoms in total. The average Bonchev–Trinajstić information content (AvgIpc) is 2.03. The Morgan fingerprint density at radius 2 is 1.67 bits per heavy atom. The summed E-state index contributed by atoms with van der Waals surface area (Å²) in [5.74, 6) is 2.99. The van der Waals surface area contributed by atoms with Crippen LogP contribution in [-0.2, 0) is 4.74 Å². The molecule has 1 heterocycles. The lowest BCUT2D eigenvalue weighted by Gasteiger charge is -2.38. The standard InChI is InChI=1S/C11H20O/c1-2-9-3-5-10(6-4-9)11-7-12-8-11/h9-11H,2-8H2,1H3. The third-order valence-electron chi connectivity index (χ3n) is 3.80. The van der Waals surface area contributed by atoms with Gasteiger partial charge in [0.2, 0.25) is 0 Å². The molecule has 1 saturated heterocycles. The number of hydrogen-bond acceptors (Lipinski definition) is 1. The molecule has 0 spiro atoms. The largest absolute Gasteiger partial charge is 0.381 e. The second-order valence-electron chi connectivity index (χ2n) is 4.49. The van der Waals surface area contributed by atoms with E-state index in [-0.39, 0.29) is 0 Å². The summed E-state index contributed by atoms with van der Waals surface area (Å²) in [6, 6.07) is 0. The average molecular weight is 168 g/mol. The van der Waals surface area contributed by atoms with Gasteiger partial charge in [-0.25, -0.2) is 0 Å². The molecular formula is C11H20O. The van der Waals surface area contributed by atoms with E-state index >= 15 is 0 Å². The Morgan fingerprint density at radius 1 is 1.00 bits per heavy atom. The van der Waals surface area contributed by atoms with Gasteiger partial charge in [-0.1, -0.05) is 26.2 Å². The van der Waals surface area contributed by atoms with Gasteiger partial charge in [-0.2, -0.15) is 0 Å². The zero-order valence-electron chi connectivity index (χ0n) is 8.09. The van der Waals surface area contributed by atoms with Crippen molar-refractivity contribution in [3.8, 4) is 0 Å². The van der Waals surface area contributed by atoms with Crippen LogP contribution in [0.5, 0.6) is 0 Å². The summed E-state index contributed by atoms with van der Waals surface area (Å²) in [6.07, 6.45) is 7.32. The Kier molecular flexibility index (Phi) is 2.69. The molecule has 1 saturated carbocycles. The molecule has 12 heavy (non-hydrogen) atoms. The molecule has 0 aromatic rings. The van der Waals surface area contributed by atoms with Gasteiger partial charge in [0.25, 0.3) is 0 Å². The van der Waals surface area contributed by atoms with Crippen LogP contribution in [-0.4, -0.2) is 13.2 Å². The molecule has 1 heteroatoms. The van der Waals surface area contributed by atoms with Gasteiger partial charge in [-0.3, -0.25) is 0 Å². The minimum absolute atomic E-state index is 0.933. The topological polar surface area (TPSA) is 9.23 Å². The fourth-order valence-electron chi connectivity index (χ4n) is 2.59. The maximum atomic E-state index is 5.24. The summed E-state index contributed by atoms with van der Waals surface area (Å²) in [5.41, 5.74) is 0. The van der Waals surface area contributed by atoms with Crippen molar-refractivity contribution in [2.24, 2.45) is 17.8 Å². The molecule has 2 aliphatic rings. The minimum Gasteiger partial charge on any atom is -0.381 e. The van der Waals surface area contributed by atoms with Gasteiger partial charge in [0.05, 0.1) is 13.2 Å².